The molecule has 0 fully saturated rings. The predicted octanol–water partition coefficient (Wildman–Crippen LogP) is -0.819. The van der Waals surface area contributed by atoms with Crippen molar-refractivity contribution >= 4 is 17.9 Å². The molecule has 10 heteroatoms. The molecule has 1 amide bonds. The van der Waals surface area contributed by atoms with Gasteiger partial charge in [-0.05, 0) is 18.2 Å². The van der Waals surface area contributed by atoms with Crippen molar-refractivity contribution in [1.29, 1.82) is 0 Å². The molecule has 0 spiro atoms. The van der Waals surface area contributed by atoms with E-state index in [0.717, 1.165) is 28.0 Å². The molecule has 1 aliphatic rings. The van der Waals surface area contributed by atoms with Crippen LogP contribution in [0.1, 0.15) is 11.6 Å². The number of amides is 1. The van der Waals surface area contributed by atoms with E-state index in [9.17, 15) is 23.6 Å². The third kappa shape index (κ3) is 2.67. The maximum atomic E-state index is 13.5. The maximum Gasteiger partial charge on any atom is 0.351 e. The van der Waals surface area contributed by atoms with Gasteiger partial charge in [-0.1, -0.05) is 6.07 Å². The van der Waals surface area contributed by atoms with Gasteiger partial charge in [0.2, 0.25) is 5.78 Å². The minimum atomic E-state index is -1.32. The number of benzene rings is 1. The summed E-state index contributed by atoms with van der Waals surface area (Å²) in [6.45, 7) is 0. The quantitative estimate of drug-likeness (QED) is 0.661. The molecule has 1 aromatic carbocycles. The molecule has 1 unspecified atom stereocenters. The van der Waals surface area contributed by atoms with Gasteiger partial charge in [0.25, 0.3) is 5.56 Å². The number of nitrogens with zero attached hydrogens (tertiary/aromatic N) is 5. The first-order valence-corrected chi connectivity index (χ1v) is 7.13. The summed E-state index contributed by atoms with van der Waals surface area (Å²) in [5.41, 5.74) is -2.10. The Morgan fingerprint density at radius 3 is 2.52 bits per heavy atom. The van der Waals surface area contributed by atoms with Gasteiger partial charge in [0, 0.05) is 20.3 Å². The van der Waals surface area contributed by atoms with Gasteiger partial charge in [0.1, 0.15) is 17.4 Å². The summed E-state index contributed by atoms with van der Waals surface area (Å²) in [5, 5.41) is 8.38. The Hall–Kier alpha value is -3.43. The average molecular weight is 345 g/mol. The van der Waals surface area contributed by atoms with E-state index in [1.807, 2.05) is 0 Å². The topological polar surface area (TPSA) is 107 Å². The van der Waals surface area contributed by atoms with Crippen LogP contribution >= 0.6 is 0 Å². The number of ketones is 1. The summed E-state index contributed by atoms with van der Waals surface area (Å²) < 4.78 is 15.0. The van der Waals surface area contributed by atoms with Gasteiger partial charge in [-0.25, -0.2) is 23.4 Å². The molecule has 1 atom stereocenters. The van der Waals surface area contributed by atoms with E-state index < -0.39 is 34.7 Å². The molecule has 0 aliphatic carbocycles. The van der Waals surface area contributed by atoms with Gasteiger partial charge < -0.3 is 0 Å². The predicted molar refractivity (Wildman–Crippen MR) is 84.0 cm³/mol. The second-order valence-corrected chi connectivity index (χ2v) is 5.35. The van der Waals surface area contributed by atoms with E-state index in [-0.39, 0.29) is 11.4 Å². The standard InChI is InChI=1S/C15H12FN5O4/c1-19-14(24)12(22)10(7-17-19)11-13(23)21(15(25)20(2)18-11)9-5-3-4-8(16)6-9/h3-7,10H,1-2H3. The van der Waals surface area contributed by atoms with Crippen molar-refractivity contribution in [2.24, 2.45) is 12.1 Å². The molecular formula is C15H12FN5O4. The minimum Gasteiger partial charge on any atom is -0.287 e. The Labute approximate surface area is 139 Å². The fourth-order valence-electron chi connectivity index (χ4n) is 2.41. The molecule has 9 nitrogen and oxygen atoms in total. The number of likely N-dealkylation sites (N-methyl/N-ethyl adjacent to an activating group) is 1. The SMILES string of the molecule is CN1N=CC(c2nn(C)c(=O)n(-c3cccc(F)c3)c2=O)C(=O)C1=O. The van der Waals surface area contributed by atoms with Gasteiger partial charge in [0.05, 0.1) is 5.69 Å². The van der Waals surface area contributed by atoms with E-state index >= 15 is 0 Å². The zero-order valence-corrected chi connectivity index (χ0v) is 13.2. The molecule has 3 rings (SSSR count). The summed E-state index contributed by atoms with van der Waals surface area (Å²) in [6.07, 6.45) is 1.11. The number of rotatable bonds is 2. The van der Waals surface area contributed by atoms with Crippen molar-refractivity contribution in [2.45, 2.75) is 5.92 Å². The van der Waals surface area contributed by atoms with Gasteiger partial charge in [-0.3, -0.25) is 14.4 Å². The molecule has 0 saturated carbocycles. The highest BCUT2D eigenvalue weighted by Gasteiger charge is 2.35. The molecule has 0 N–H and O–H groups in total. The van der Waals surface area contributed by atoms with Crippen LogP contribution < -0.4 is 11.2 Å². The van der Waals surface area contributed by atoms with E-state index in [4.69, 9.17) is 0 Å². The average Bonchev–Trinajstić information content (AvgIpc) is 2.57. The molecule has 2 heterocycles. The summed E-state index contributed by atoms with van der Waals surface area (Å²) in [7, 11) is 2.58. The number of aromatic nitrogens is 3. The fraction of sp³-hybridized carbons (Fsp3) is 0.200. The Morgan fingerprint density at radius 1 is 1.12 bits per heavy atom. The lowest BCUT2D eigenvalue weighted by Crippen LogP contribution is -2.46. The summed E-state index contributed by atoms with van der Waals surface area (Å²) >= 11 is 0. The van der Waals surface area contributed by atoms with E-state index in [1.54, 1.807) is 0 Å². The van der Waals surface area contributed by atoms with Crippen LogP contribution in [0.2, 0.25) is 0 Å². The van der Waals surface area contributed by atoms with Crippen LogP contribution in [0.25, 0.3) is 5.69 Å². The van der Waals surface area contributed by atoms with Crippen LogP contribution in [0, 0.1) is 5.82 Å². The lowest BCUT2D eigenvalue weighted by Gasteiger charge is -2.19. The van der Waals surface area contributed by atoms with Crippen LogP contribution in [-0.4, -0.2) is 44.3 Å². The van der Waals surface area contributed by atoms with Crippen LogP contribution in [0.5, 0.6) is 0 Å². The molecule has 1 aromatic heterocycles. The molecule has 0 radical (unpaired) electrons. The fourth-order valence-corrected chi connectivity index (χ4v) is 2.41. The Kier molecular flexibility index (Phi) is 3.87. The summed E-state index contributed by atoms with van der Waals surface area (Å²) in [5.74, 6) is -3.76. The van der Waals surface area contributed by atoms with Crippen LogP contribution in [-0.2, 0) is 16.6 Å². The molecule has 0 bridgehead atoms. The lowest BCUT2D eigenvalue weighted by atomic mass is 10.00. The highest BCUT2D eigenvalue weighted by molar-refractivity contribution is 6.42. The lowest BCUT2D eigenvalue weighted by molar-refractivity contribution is -0.144. The largest absolute Gasteiger partial charge is 0.351 e. The minimum absolute atomic E-state index is 0.0158. The second kappa shape index (κ2) is 5.89. The molecule has 1 aliphatic heterocycles. The highest BCUT2D eigenvalue weighted by Crippen LogP contribution is 2.15. The van der Waals surface area contributed by atoms with E-state index in [0.29, 0.717) is 4.57 Å². The van der Waals surface area contributed by atoms with Crippen LogP contribution in [0.3, 0.4) is 0 Å². The number of carbonyl (C=O) groups excluding carboxylic acids is 2. The molecule has 2 aromatic rings. The number of aryl methyl sites for hydroxylation is 1. The van der Waals surface area contributed by atoms with Crippen molar-refractivity contribution in [2.75, 3.05) is 7.05 Å². The molecule has 0 saturated heterocycles. The number of halogens is 1. The van der Waals surface area contributed by atoms with E-state index in [1.165, 1.54) is 26.2 Å². The third-order valence-electron chi connectivity index (χ3n) is 3.69. The number of hydrogen-bond acceptors (Lipinski definition) is 6. The van der Waals surface area contributed by atoms with Gasteiger partial charge in [-0.2, -0.15) is 10.2 Å². The molecule has 128 valence electrons. The van der Waals surface area contributed by atoms with Gasteiger partial charge in [-0.15, -0.1) is 0 Å². The normalized spacial score (nSPS) is 17.2. The van der Waals surface area contributed by atoms with Crippen molar-refractivity contribution in [1.82, 2.24) is 19.4 Å². The van der Waals surface area contributed by atoms with Crippen molar-refractivity contribution in [3.63, 3.8) is 0 Å². The second-order valence-electron chi connectivity index (χ2n) is 5.35. The third-order valence-corrected chi connectivity index (χ3v) is 3.69. The number of hydrogen-bond donors (Lipinski definition) is 0. The van der Waals surface area contributed by atoms with Crippen molar-refractivity contribution < 1.29 is 14.0 Å². The number of Topliss-reactive ketones (excluding diaryl/α,β-unsaturated/α-hetero) is 1. The van der Waals surface area contributed by atoms with Gasteiger partial charge in [0.15, 0.2) is 0 Å². The van der Waals surface area contributed by atoms with E-state index in [2.05, 4.69) is 10.2 Å². The zero-order valence-electron chi connectivity index (χ0n) is 13.2. The number of hydrazone groups is 1. The molecule has 25 heavy (non-hydrogen) atoms. The first kappa shape index (κ1) is 16.4. The first-order chi connectivity index (χ1) is 11.8. The highest BCUT2D eigenvalue weighted by atomic mass is 19.1. The van der Waals surface area contributed by atoms with Crippen LogP contribution in [0.4, 0.5) is 4.39 Å². The Morgan fingerprint density at radius 2 is 1.84 bits per heavy atom. The zero-order chi connectivity index (χ0) is 18.3. The molecular weight excluding hydrogens is 333 g/mol. The maximum absolute atomic E-state index is 13.5. The van der Waals surface area contributed by atoms with Crippen LogP contribution in [0.15, 0.2) is 39.0 Å². The van der Waals surface area contributed by atoms with Crippen molar-refractivity contribution in [3.05, 3.63) is 56.6 Å². The summed E-state index contributed by atoms with van der Waals surface area (Å²) in [6, 6.07) is 4.86. The van der Waals surface area contributed by atoms with Gasteiger partial charge >= 0.3 is 11.6 Å². The van der Waals surface area contributed by atoms with Crippen molar-refractivity contribution in [3.8, 4) is 5.69 Å². The first-order valence-electron chi connectivity index (χ1n) is 7.13. The summed E-state index contributed by atoms with van der Waals surface area (Å²) in [4.78, 5) is 48.9. The smallest absolute Gasteiger partial charge is 0.287 e. The monoisotopic (exact) mass is 345 g/mol. The Balaban J connectivity index is 2.26. The Bertz CT molecular complexity index is 1040. The number of carbonyl (C=O) groups is 2.